The molecule has 2 aliphatic rings. The van der Waals surface area contributed by atoms with Crippen molar-refractivity contribution >= 4 is 11.8 Å². The number of likely N-dealkylation sites (tertiary alicyclic amines) is 1. The van der Waals surface area contributed by atoms with Crippen molar-refractivity contribution < 1.29 is 9.59 Å². The second kappa shape index (κ2) is 5.69. The maximum absolute atomic E-state index is 12.4. The van der Waals surface area contributed by atoms with Crippen LogP contribution in [0.5, 0.6) is 0 Å². The maximum Gasteiger partial charge on any atom is 0.239 e. The Balaban J connectivity index is 1.88. The van der Waals surface area contributed by atoms with E-state index in [4.69, 9.17) is 5.73 Å². The van der Waals surface area contributed by atoms with Crippen LogP contribution in [0.1, 0.15) is 32.6 Å². The molecule has 5 heteroatoms. The number of amides is 2. The van der Waals surface area contributed by atoms with Gasteiger partial charge in [0.05, 0.1) is 6.04 Å². The highest BCUT2D eigenvalue weighted by atomic mass is 16.2. The number of hydrogen-bond acceptors (Lipinski definition) is 3. The van der Waals surface area contributed by atoms with Gasteiger partial charge in [0.25, 0.3) is 0 Å². The summed E-state index contributed by atoms with van der Waals surface area (Å²) in [4.78, 5) is 25.4. The van der Waals surface area contributed by atoms with Crippen LogP contribution in [0.4, 0.5) is 0 Å². The summed E-state index contributed by atoms with van der Waals surface area (Å²) < 4.78 is 0. The van der Waals surface area contributed by atoms with E-state index in [1.54, 1.807) is 0 Å². The van der Waals surface area contributed by atoms with E-state index in [2.05, 4.69) is 12.2 Å². The minimum atomic E-state index is -0.230. The Morgan fingerprint density at radius 2 is 1.89 bits per heavy atom. The first-order valence-corrected chi connectivity index (χ1v) is 6.91. The molecule has 18 heavy (non-hydrogen) atoms. The highest BCUT2D eigenvalue weighted by Gasteiger charge is 2.33. The first-order chi connectivity index (χ1) is 8.59. The average Bonchev–Trinajstić information content (AvgIpc) is 2.38. The normalized spacial score (nSPS) is 30.2. The monoisotopic (exact) mass is 253 g/mol. The Hall–Kier alpha value is -1.10. The Kier molecular flexibility index (Phi) is 4.22. The highest BCUT2D eigenvalue weighted by Crippen LogP contribution is 2.21. The summed E-state index contributed by atoms with van der Waals surface area (Å²) in [7, 11) is 0. The van der Waals surface area contributed by atoms with E-state index in [-0.39, 0.29) is 23.8 Å². The predicted molar refractivity (Wildman–Crippen MR) is 68.7 cm³/mol. The molecule has 2 heterocycles. The van der Waals surface area contributed by atoms with Crippen LogP contribution in [0.15, 0.2) is 0 Å². The third-order valence-corrected chi connectivity index (χ3v) is 4.24. The average molecular weight is 253 g/mol. The molecule has 0 aliphatic carbocycles. The van der Waals surface area contributed by atoms with Crippen LogP contribution in [-0.4, -0.2) is 42.4 Å². The summed E-state index contributed by atoms with van der Waals surface area (Å²) in [6.45, 7) is 4.39. The molecule has 102 valence electrons. The summed E-state index contributed by atoms with van der Waals surface area (Å²) in [5.41, 5.74) is 5.30. The number of carbonyl (C=O) groups is 2. The number of carbonyl (C=O) groups excluding carboxylic acids is 2. The summed E-state index contributed by atoms with van der Waals surface area (Å²) in [6.07, 6.45) is 3.68. The molecule has 0 aromatic heterocycles. The number of nitrogens with one attached hydrogen (secondary N) is 1. The molecule has 3 N–H and O–H groups in total. The number of nitrogens with zero attached hydrogens (tertiary/aromatic N) is 1. The van der Waals surface area contributed by atoms with Crippen molar-refractivity contribution in [3.8, 4) is 0 Å². The van der Waals surface area contributed by atoms with E-state index in [9.17, 15) is 9.59 Å². The smallest absolute Gasteiger partial charge is 0.239 e. The first-order valence-electron chi connectivity index (χ1n) is 6.91. The predicted octanol–water partition coefficient (Wildman–Crippen LogP) is 0.0984. The topological polar surface area (TPSA) is 75.4 Å². The minimum Gasteiger partial charge on any atom is -0.369 e. The van der Waals surface area contributed by atoms with Gasteiger partial charge in [-0.05, 0) is 38.1 Å². The number of piperidine rings is 2. The van der Waals surface area contributed by atoms with Crippen molar-refractivity contribution in [1.29, 1.82) is 0 Å². The molecule has 0 aromatic carbocycles. The number of hydrogen-bond donors (Lipinski definition) is 2. The fraction of sp³-hybridized carbons (Fsp3) is 0.846. The molecule has 2 unspecified atom stereocenters. The molecule has 2 rings (SSSR count). The van der Waals surface area contributed by atoms with E-state index in [1.165, 1.54) is 0 Å². The van der Waals surface area contributed by atoms with E-state index >= 15 is 0 Å². The molecule has 0 spiro atoms. The summed E-state index contributed by atoms with van der Waals surface area (Å²) in [5, 5.41) is 3.32. The number of primary amides is 1. The van der Waals surface area contributed by atoms with Crippen LogP contribution in [0.2, 0.25) is 0 Å². The van der Waals surface area contributed by atoms with Crippen LogP contribution in [0, 0.1) is 11.8 Å². The van der Waals surface area contributed by atoms with Crippen molar-refractivity contribution in [2.45, 2.75) is 38.6 Å². The Bertz CT molecular complexity index is 324. The standard InChI is InChI=1S/C13H23N3O2/c1-9-3-2-6-15-11(9)13(18)16-7-4-10(5-8-16)12(14)17/h9-11,15H,2-8H2,1H3,(H2,14,17). The van der Waals surface area contributed by atoms with Gasteiger partial charge in [0.1, 0.15) is 0 Å². The van der Waals surface area contributed by atoms with Crippen molar-refractivity contribution in [3.05, 3.63) is 0 Å². The molecule has 0 aromatic rings. The molecular weight excluding hydrogens is 230 g/mol. The van der Waals surface area contributed by atoms with Gasteiger partial charge in [-0.25, -0.2) is 0 Å². The van der Waals surface area contributed by atoms with Crippen molar-refractivity contribution in [2.75, 3.05) is 19.6 Å². The second-order valence-electron chi connectivity index (χ2n) is 5.55. The van der Waals surface area contributed by atoms with Crippen LogP contribution in [0.25, 0.3) is 0 Å². The Labute approximate surface area is 108 Å². The van der Waals surface area contributed by atoms with Gasteiger partial charge in [-0.1, -0.05) is 6.92 Å². The summed E-state index contributed by atoms with van der Waals surface area (Å²) >= 11 is 0. The Morgan fingerprint density at radius 3 is 2.44 bits per heavy atom. The van der Waals surface area contributed by atoms with Crippen LogP contribution < -0.4 is 11.1 Å². The highest BCUT2D eigenvalue weighted by molar-refractivity contribution is 5.83. The van der Waals surface area contributed by atoms with Gasteiger partial charge < -0.3 is 16.0 Å². The molecule has 0 radical (unpaired) electrons. The van der Waals surface area contributed by atoms with Gasteiger partial charge in [-0.2, -0.15) is 0 Å². The molecule has 2 atom stereocenters. The fourth-order valence-electron chi connectivity index (χ4n) is 2.96. The van der Waals surface area contributed by atoms with Crippen LogP contribution >= 0.6 is 0 Å². The van der Waals surface area contributed by atoms with Crippen molar-refractivity contribution in [1.82, 2.24) is 10.2 Å². The molecular formula is C13H23N3O2. The number of nitrogens with two attached hydrogens (primary N) is 1. The van der Waals surface area contributed by atoms with Gasteiger partial charge in [-0.3, -0.25) is 9.59 Å². The molecule has 2 saturated heterocycles. The fourth-order valence-corrected chi connectivity index (χ4v) is 2.96. The van der Waals surface area contributed by atoms with Gasteiger partial charge in [0.2, 0.25) is 11.8 Å². The Morgan fingerprint density at radius 1 is 1.22 bits per heavy atom. The van der Waals surface area contributed by atoms with Crippen LogP contribution in [0.3, 0.4) is 0 Å². The lowest BCUT2D eigenvalue weighted by Gasteiger charge is -2.37. The molecule has 2 aliphatic heterocycles. The second-order valence-corrected chi connectivity index (χ2v) is 5.55. The van der Waals surface area contributed by atoms with Crippen molar-refractivity contribution in [3.63, 3.8) is 0 Å². The zero-order valence-electron chi connectivity index (χ0n) is 11.0. The zero-order chi connectivity index (χ0) is 13.1. The van der Waals surface area contributed by atoms with Gasteiger partial charge in [0.15, 0.2) is 0 Å². The molecule has 2 fully saturated rings. The third kappa shape index (κ3) is 2.83. The number of rotatable bonds is 2. The quantitative estimate of drug-likeness (QED) is 0.733. The lowest BCUT2D eigenvalue weighted by Crippen LogP contribution is -2.54. The largest absolute Gasteiger partial charge is 0.369 e. The summed E-state index contributed by atoms with van der Waals surface area (Å²) in [5.74, 6) is 0.322. The first kappa shape index (κ1) is 13.3. The maximum atomic E-state index is 12.4. The lowest BCUT2D eigenvalue weighted by atomic mass is 9.90. The van der Waals surface area contributed by atoms with E-state index < -0.39 is 0 Å². The molecule has 0 bridgehead atoms. The molecule has 0 saturated carbocycles. The van der Waals surface area contributed by atoms with E-state index in [1.807, 2.05) is 4.90 Å². The van der Waals surface area contributed by atoms with Gasteiger partial charge in [-0.15, -0.1) is 0 Å². The molecule has 5 nitrogen and oxygen atoms in total. The zero-order valence-corrected chi connectivity index (χ0v) is 11.0. The summed E-state index contributed by atoms with van der Waals surface area (Å²) in [6, 6.07) is -0.0381. The van der Waals surface area contributed by atoms with E-state index in [0.717, 1.165) is 19.4 Å². The third-order valence-electron chi connectivity index (χ3n) is 4.24. The lowest BCUT2D eigenvalue weighted by molar-refractivity contribution is -0.138. The van der Waals surface area contributed by atoms with Crippen LogP contribution in [-0.2, 0) is 9.59 Å². The van der Waals surface area contributed by atoms with E-state index in [0.29, 0.717) is 31.8 Å². The molecule has 2 amide bonds. The SMILES string of the molecule is CC1CCCNC1C(=O)N1CCC(C(N)=O)CC1. The van der Waals surface area contributed by atoms with Gasteiger partial charge >= 0.3 is 0 Å². The minimum absolute atomic E-state index is 0.0381. The van der Waals surface area contributed by atoms with Crippen molar-refractivity contribution in [2.24, 2.45) is 17.6 Å². The van der Waals surface area contributed by atoms with Gasteiger partial charge in [0, 0.05) is 19.0 Å².